The Kier molecular flexibility index (Phi) is 6.27. The molecule has 1 N–H and O–H groups in total. The van der Waals surface area contributed by atoms with Gasteiger partial charge < -0.3 is 19.6 Å². The van der Waals surface area contributed by atoms with E-state index in [1.807, 2.05) is 92.6 Å². The molecular formula is C30H30N2O4. The van der Waals surface area contributed by atoms with Crippen LogP contribution >= 0.6 is 0 Å². The number of aliphatic hydroxyl groups is 1. The van der Waals surface area contributed by atoms with E-state index >= 15 is 0 Å². The van der Waals surface area contributed by atoms with E-state index in [1.165, 1.54) is 0 Å². The largest absolute Gasteiger partial charge is 0.507 e. The lowest BCUT2D eigenvalue weighted by Gasteiger charge is -2.26. The first kappa shape index (κ1) is 23.7. The van der Waals surface area contributed by atoms with Crippen molar-refractivity contribution >= 4 is 23.1 Å². The summed E-state index contributed by atoms with van der Waals surface area (Å²) in [5.41, 5.74) is 4.49. The number of carbonyl (C=O) groups is 2. The number of ether oxygens (including phenoxy) is 1. The van der Waals surface area contributed by atoms with Crippen LogP contribution in [0.15, 0.2) is 78.4 Å². The minimum absolute atomic E-state index is 0.0659. The normalized spacial score (nSPS) is 20.4. The van der Waals surface area contributed by atoms with Gasteiger partial charge in [0, 0.05) is 38.3 Å². The Morgan fingerprint density at radius 2 is 1.75 bits per heavy atom. The number of anilines is 1. The van der Waals surface area contributed by atoms with Crippen LogP contribution in [0, 0.1) is 0 Å². The molecule has 0 spiro atoms. The molecular weight excluding hydrogens is 452 g/mol. The number of aliphatic hydroxyl groups excluding tert-OH is 1. The third kappa shape index (κ3) is 4.35. The van der Waals surface area contributed by atoms with Crippen LogP contribution in [-0.2, 0) is 22.4 Å². The minimum Gasteiger partial charge on any atom is -0.507 e. The second kappa shape index (κ2) is 9.53. The molecule has 0 aliphatic carbocycles. The molecule has 2 atom stereocenters. The van der Waals surface area contributed by atoms with Gasteiger partial charge in [-0.15, -0.1) is 0 Å². The van der Waals surface area contributed by atoms with Gasteiger partial charge in [0.2, 0.25) is 0 Å². The smallest absolute Gasteiger partial charge is 0.295 e. The Labute approximate surface area is 211 Å². The van der Waals surface area contributed by atoms with Crippen LogP contribution in [0.25, 0.3) is 5.76 Å². The van der Waals surface area contributed by atoms with Crippen molar-refractivity contribution in [1.29, 1.82) is 0 Å². The molecule has 1 amide bonds. The number of amides is 1. The molecule has 0 aromatic heterocycles. The number of nitrogens with zero attached hydrogens (tertiary/aromatic N) is 2. The lowest BCUT2D eigenvalue weighted by atomic mass is 9.94. The maximum absolute atomic E-state index is 13.3. The van der Waals surface area contributed by atoms with Crippen LogP contribution < -0.4 is 9.64 Å². The van der Waals surface area contributed by atoms with Gasteiger partial charge in [0.05, 0.1) is 11.6 Å². The van der Waals surface area contributed by atoms with Crippen molar-refractivity contribution in [2.45, 2.75) is 31.9 Å². The molecule has 2 aliphatic heterocycles. The van der Waals surface area contributed by atoms with E-state index in [1.54, 1.807) is 11.0 Å². The summed E-state index contributed by atoms with van der Waals surface area (Å²) < 4.78 is 5.79. The zero-order chi connectivity index (χ0) is 25.4. The predicted octanol–water partition coefficient (Wildman–Crippen LogP) is 4.74. The molecule has 0 unspecified atom stereocenters. The van der Waals surface area contributed by atoms with E-state index in [-0.39, 0.29) is 17.4 Å². The molecule has 2 heterocycles. The Balaban J connectivity index is 1.57. The monoisotopic (exact) mass is 482 g/mol. The summed E-state index contributed by atoms with van der Waals surface area (Å²) in [4.78, 5) is 30.2. The maximum Gasteiger partial charge on any atom is 0.295 e. The average molecular weight is 483 g/mol. The van der Waals surface area contributed by atoms with Gasteiger partial charge in [0.1, 0.15) is 17.6 Å². The molecule has 5 rings (SSSR count). The number of rotatable bonds is 6. The summed E-state index contributed by atoms with van der Waals surface area (Å²) in [5.74, 6) is -0.613. The fraction of sp³-hybridized carbons (Fsp3) is 0.267. The number of Topliss-reactive ketones (excluding diaryl/α,β-unsaturated/α-hetero) is 1. The fourth-order valence-corrected chi connectivity index (χ4v) is 5.03. The van der Waals surface area contributed by atoms with E-state index in [2.05, 4.69) is 0 Å². The Bertz CT molecular complexity index is 1330. The molecule has 2 aliphatic rings. The number of benzene rings is 3. The molecule has 0 bridgehead atoms. The number of likely N-dealkylation sites (tertiary alicyclic amines) is 1. The van der Waals surface area contributed by atoms with Crippen molar-refractivity contribution in [3.63, 3.8) is 0 Å². The van der Waals surface area contributed by atoms with Crippen LogP contribution in [-0.4, -0.2) is 48.4 Å². The van der Waals surface area contributed by atoms with Crippen molar-refractivity contribution in [3.8, 4) is 5.75 Å². The highest BCUT2D eigenvalue weighted by Crippen LogP contribution is 2.41. The maximum atomic E-state index is 13.3. The highest BCUT2D eigenvalue weighted by Gasteiger charge is 2.46. The minimum atomic E-state index is -0.673. The van der Waals surface area contributed by atoms with Crippen molar-refractivity contribution in [2.75, 3.05) is 25.5 Å². The number of hydrogen-bond acceptors (Lipinski definition) is 5. The molecule has 36 heavy (non-hydrogen) atoms. The summed E-state index contributed by atoms with van der Waals surface area (Å²) in [5, 5.41) is 11.4. The van der Waals surface area contributed by atoms with Gasteiger partial charge in [-0.1, -0.05) is 42.5 Å². The summed E-state index contributed by atoms with van der Waals surface area (Å²) in [6, 6.07) is 22.4. The molecule has 6 nitrogen and oxygen atoms in total. The molecule has 3 aromatic rings. The molecule has 0 radical (unpaired) electrons. The highest BCUT2D eigenvalue weighted by atomic mass is 16.5. The van der Waals surface area contributed by atoms with E-state index < -0.39 is 17.7 Å². The molecule has 0 saturated carbocycles. The Hall–Kier alpha value is -4.06. The van der Waals surface area contributed by atoms with Crippen LogP contribution in [0.5, 0.6) is 5.75 Å². The summed E-state index contributed by atoms with van der Waals surface area (Å²) >= 11 is 0. The zero-order valence-corrected chi connectivity index (χ0v) is 20.8. The summed E-state index contributed by atoms with van der Waals surface area (Å²) in [6.45, 7) is 2.36. The van der Waals surface area contributed by atoms with Crippen molar-refractivity contribution in [1.82, 2.24) is 4.90 Å². The highest BCUT2D eigenvalue weighted by molar-refractivity contribution is 6.46. The number of carbonyl (C=O) groups excluding carboxylic acids is 2. The SMILES string of the molecule is C[C@H]1Cc2cc(C(O)=C3C(=O)C(=O)N(CCc4ccccc4)[C@@H]3c3ccc(N(C)C)cc3)ccc2O1. The Morgan fingerprint density at radius 1 is 1.03 bits per heavy atom. The first-order valence-corrected chi connectivity index (χ1v) is 12.2. The van der Waals surface area contributed by atoms with E-state index in [4.69, 9.17) is 4.74 Å². The second-order valence-corrected chi connectivity index (χ2v) is 9.67. The van der Waals surface area contributed by atoms with Gasteiger partial charge in [-0.3, -0.25) is 9.59 Å². The van der Waals surface area contributed by atoms with Crippen LogP contribution in [0.4, 0.5) is 5.69 Å². The van der Waals surface area contributed by atoms with E-state index in [0.29, 0.717) is 18.5 Å². The van der Waals surface area contributed by atoms with Gasteiger partial charge in [0.25, 0.3) is 11.7 Å². The van der Waals surface area contributed by atoms with Crippen molar-refractivity contribution < 1.29 is 19.4 Å². The van der Waals surface area contributed by atoms with Gasteiger partial charge in [-0.05, 0) is 60.4 Å². The van der Waals surface area contributed by atoms with Crippen LogP contribution in [0.1, 0.15) is 35.2 Å². The van der Waals surface area contributed by atoms with Gasteiger partial charge >= 0.3 is 0 Å². The van der Waals surface area contributed by atoms with Crippen molar-refractivity contribution in [3.05, 3.63) is 101 Å². The quantitative estimate of drug-likeness (QED) is 0.312. The van der Waals surface area contributed by atoms with E-state index in [9.17, 15) is 14.7 Å². The lowest BCUT2D eigenvalue weighted by Crippen LogP contribution is -2.31. The number of ketones is 1. The Morgan fingerprint density at radius 3 is 2.44 bits per heavy atom. The van der Waals surface area contributed by atoms with Crippen molar-refractivity contribution in [2.24, 2.45) is 0 Å². The summed E-state index contributed by atoms with van der Waals surface area (Å²) in [7, 11) is 3.92. The molecule has 184 valence electrons. The molecule has 3 aromatic carbocycles. The number of hydrogen-bond donors (Lipinski definition) is 1. The fourth-order valence-electron chi connectivity index (χ4n) is 5.03. The van der Waals surface area contributed by atoms with Gasteiger partial charge in [-0.2, -0.15) is 0 Å². The first-order valence-electron chi connectivity index (χ1n) is 12.2. The molecule has 6 heteroatoms. The summed E-state index contributed by atoms with van der Waals surface area (Å²) in [6.07, 6.45) is 1.40. The number of fused-ring (bicyclic) bond motifs is 1. The standard InChI is InChI=1S/C30H30N2O4/c1-19-17-23-18-22(11-14-25(23)36-19)28(33)26-27(21-9-12-24(13-10-21)31(2)3)32(30(35)29(26)34)16-15-20-7-5-4-6-8-20/h4-14,18-19,27,33H,15-17H2,1-3H3/t19-,27+/m0/s1. The predicted molar refractivity (Wildman–Crippen MR) is 140 cm³/mol. The van der Waals surface area contributed by atoms with Crippen LogP contribution in [0.3, 0.4) is 0 Å². The van der Waals surface area contributed by atoms with Crippen LogP contribution in [0.2, 0.25) is 0 Å². The lowest BCUT2D eigenvalue weighted by molar-refractivity contribution is -0.139. The van der Waals surface area contributed by atoms with Gasteiger partial charge in [-0.25, -0.2) is 0 Å². The molecule has 1 fully saturated rings. The second-order valence-electron chi connectivity index (χ2n) is 9.67. The first-order chi connectivity index (χ1) is 17.3. The third-order valence-electron chi connectivity index (χ3n) is 6.92. The third-order valence-corrected chi connectivity index (χ3v) is 6.92. The van der Waals surface area contributed by atoms with E-state index in [0.717, 1.165) is 34.5 Å². The average Bonchev–Trinajstić information content (AvgIpc) is 3.38. The zero-order valence-electron chi connectivity index (χ0n) is 20.8. The molecule has 1 saturated heterocycles. The van der Waals surface area contributed by atoms with Gasteiger partial charge in [0.15, 0.2) is 0 Å². The topological polar surface area (TPSA) is 70.1 Å².